The van der Waals surface area contributed by atoms with E-state index in [2.05, 4.69) is 20.8 Å². The highest BCUT2D eigenvalue weighted by Crippen LogP contribution is 2.39. The number of benzene rings is 2. The minimum Gasteiger partial charge on any atom is -0.507 e. The molecule has 0 fully saturated rings. The third-order valence-corrected chi connectivity index (χ3v) is 4.97. The molecule has 0 unspecified atom stereocenters. The number of hydrogen-bond donors (Lipinski definition) is 1. The molecule has 29 heavy (non-hydrogen) atoms. The van der Waals surface area contributed by atoms with Gasteiger partial charge >= 0.3 is 0 Å². The van der Waals surface area contributed by atoms with E-state index >= 15 is 0 Å². The minimum atomic E-state index is -0.159. The van der Waals surface area contributed by atoms with Gasteiger partial charge in [-0.2, -0.15) is 0 Å². The van der Waals surface area contributed by atoms with Crippen molar-refractivity contribution in [2.75, 3.05) is 14.2 Å². The van der Waals surface area contributed by atoms with Gasteiger partial charge in [-0.25, -0.2) is 0 Å². The zero-order valence-corrected chi connectivity index (χ0v) is 17.4. The van der Waals surface area contributed by atoms with Gasteiger partial charge in [-0.05, 0) is 71.7 Å². The molecule has 0 saturated heterocycles. The number of hydrogen-bond acceptors (Lipinski definition) is 4. The molecule has 4 nitrogen and oxygen atoms in total. The largest absolute Gasteiger partial charge is 0.507 e. The smallest absolute Gasteiger partial charge is 0.193 e. The number of carbonyl (C=O) groups excluding carboxylic acids is 1. The van der Waals surface area contributed by atoms with Gasteiger partial charge in [0, 0.05) is 22.3 Å². The Balaban J connectivity index is 2.07. The summed E-state index contributed by atoms with van der Waals surface area (Å²) >= 11 is 0. The average molecular weight is 390 g/mol. The lowest BCUT2D eigenvalue weighted by atomic mass is 9.87. The Hall–Kier alpha value is -3.27. The first kappa shape index (κ1) is 20.5. The Morgan fingerprint density at radius 3 is 1.72 bits per heavy atom. The summed E-state index contributed by atoms with van der Waals surface area (Å²) < 4.78 is 10.4. The van der Waals surface area contributed by atoms with E-state index in [0.717, 1.165) is 5.57 Å². The fourth-order valence-electron chi connectivity index (χ4n) is 3.13. The van der Waals surface area contributed by atoms with Crippen molar-refractivity contribution < 1.29 is 19.4 Å². The number of ether oxygens (including phenoxy) is 2. The van der Waals surface area contributed by atoms with Gasteiger partial charge in [0.2, 0.25) is 0 Å². The first-order valence-electron chi connectivity index (χ1n) is 9.45. The van der Waals surface area contributed by atoms with Crippen molar-refractivity contribution in [3.8, 4) is 11.5 Å². The molecule has 150 valence electrons. The molecule has 1 aliphatic rings. The lowest BCUT2D eigenvalue weighted by Gasteiger charge is -2.18. The number of rotatable bonds is 5. The molecule has 0 aromatic heterocycles. The van der Waals surface area contributed by atoms with Gasteiger partial charge in [-0.3, -0.25) is 4.79 Å². The molecule has 1 aliphatic carbocycles. The Morgan fingerprint density at radius 2 is 1.28 bits per heavy atom. The summed E-state index contributed by atoms with van der Waals surface area (Å²) in [5, 5.41) is 11.0. The summed E-state index contributed by atoms with van der Waals surface area (Å²) in [5.74, 6) is 1.32. The zero-order valence-electron chi connectivity index (χ0n) is 17.4. The van der Waals surface area contributed by atoms with Crippen LogP contribution in [0.5, 0.6) is 11.5 Å². The van der Waals surface area contributed by atoms with E-state index in [1.165, 1.54) is 0 Å². The van der Waals surface area contributed by atoms with Crippen LogP contribution in [0.1, 0.15) is 36.7 Å². The van der Waals surface area contributed by atoms with Crippen LogP contribution in [0, 0.1) is 5.41 Å². The van der Waals surface area contributed by atoms with E-state index in [4.69, 9.17) is 9.47 Å². The maximum absolute atomic E-state index is 13.3. The van der Waals surface area contributed by atoms with Crippen molar-refractivity contribution in [1.29, 1.82) is 0 Å². The highest BCUT2D eigenvalue weighted by atomic mass is 16.5. The van der Waals surface area contributed by atoms with Crippen molar-refractivity contribution in [3.05, 3.63) is 88.5 Å². The highest BCUT2D eigenvalue weighted by molar-refractivity contribution is 6.14. The van der Waals surface area contributed by atoms with Crippen LogP contribution in [0.2, 0.25) is 0 Å². The summed E-state index contributed by atoms with van der Waals surface area (Å²) in [4.78, 5) is 13.3. The van der Waals surface area contributed by atoms with E-state index in [1.54, 1.807) is 62.8 Å². The van der Waals surface area contributed by atoms with E-state index in [1.807, 2.05) is 12.2 Å². The van der Waals surface area contributed by atoms with Crippen LogP contribution in [0.15, 0.2) is 77.4 Å². The highest BCUT2D eigenvalue weighted by Gasteiger charge is 2.28. The van der Waals surface area contributed by atoms with Crippen LogP contribution >= 0.6 is 0 Å². The molecule has 0 atom stereocenters. The molecule has 2 aromatic rings. The van der Waals surface area contributed by atoms with Crippen LogP contribution in [-0.4, -0.2) is 25.1 Å². The first-order valence-corrected chi connectivity index (χ1v) is 9.45. The Labute approximate surface area is 171 Å². The van der Waals surface area contributed by atoms with Crippen LogP contribution in [0.25, 0.3) is 5.76 Å². The third kappa shape index (κ3) is 4.27. The number of carbonyl (C=O) groups is 1. The zero-order chi connectivity index (χ0) is 21.2. The monoisotopic (exact) mass is 390 g/mol. The van der Waals surface area contributed by atoms with Crippen molar-refractivity contribution >= 4 is 11.5 Å². The summed E-state index contributed by atoms with van der Waals surface area (Å²) in [5.41, 5.74) is 3.01. The number of Topliss-reactive ketones (excluding diaryl/α,β-unsaturated/α-hetero) is 1. The van der Waals surface area contributed by atoms with Crippen molar-refractivity contribution in [3.63, 3.8) is 0 Å². The molecule has 0 saturated carbocycles. The number of aliphatic hydroxyl groups is 1. The second-order valence-electron chi connectivity index (χ2n) is 7.96. The summed E-state index contributed by atoms with van der Waals surface area (Å²) in [7, 11) is 3.18. The average Bonchev–Trinajstić information content (AvgIpc) is 3.19. The lowest BCUT2D eigenvalue weighted by Crippen LogP contribution is -2.07. The Bertz CT molecular complexity index is 998. The number of ketones is 1. The van der Waals surface area contributed by atoms with Gasteiger partial charge in [0.25, 0.3) is 0 Å². The van der Waals surface area contributed by atoms with Crippen molar-refractivity contribution in [1.82, 2.24) is 0 Å². The maximum Gasteiger partial charge on any atom is 0.193 e. The van der Waals surface area contributed by atoms with E-state index in [9.17, 15) is 9.90 Å². The molecule has 3 rings (SSSR count). The minimum absolute atomic E-state index is 0.0695. The van der Waals surface area contributed by atoms with Gasteiger partial charge in [0.15, 0.2) is 5.78 Å². The molecule has 2 aromatic carbocycles. The fraction of sp³-hybridized carbons (Fsp3) is 0.240. The van der Waals surface area contributed by atoms with Gasteiger partial charge in [0.05, 0.1) is 14.2 Å². The molecule has 0 bridgehead atoms. The molecule has 1 N–H and O–H groups in total. The van der Waals surface area contributed by atoms with Crippen LogP contribution in [0.3, 0.4) is 0 Å². The second kappa shape index (κ2) is 8.00. The standard InChI is InChI=1S/C25H26O4/c1-25(2,3)18-14-21(23(26)16-6-10-19(28-4)11-7-16)22(15-18)24(27)17-8-12-20(29-5)13-9-17/h6-15,26H,1-5H3/b23-21-. The normalized spacial score (nSPS) is 15.5. The quantitative estimate of drug-likeness (QED) is 0.520. The topological polar surface area (TPSA) is 55.8 Å². The second-order valence-corrected chi connectivity index (χ2v) is 7.96. The van der Waals surface area contributed by atoms with Gasteiger partial charge in [-0.15, -0.1) is 0 Å². The van der Waals surface area contributed by atoms with E-state index in [-0.39, 0.29) is 17.0 Å². The molecule has 4 heteroatoms. The Kier molecular flexibility index (Phi) is 5.64. The molecule has 0 heterocycles. The van der Waals surface area contributed by atoms with Crippen LogP contribution < -0.4 is 9.47 Å². The summed E-state index contributed by atoms with van der Waals surface area (Å²) in [6.45, 7) is 6.24. The van der Waals surface area contributed by atoms with E-state index in [0.29, 0.717) is 33.8 Å². The molecule has 0 amide bonds. The summed E-state index contributed by atoms with van der Waals surface area (Å²) in [6.07, 6.45) is 3.78. The molecule has 0 aliphatic heterocycles. The number of methoxy groups -OCH3 is 2. The van der Waals surface area contributed by atoms with Gasteiger partial charge in [0.1, 0.15) is 17.3 Å². The van der Waals surface area contributed by atoms with Crippen LogP contribution in [0.4, 0.5) is 0 Å². The molecule has 0 radical (unpaired) electrons. The maximum atomic E-state index is 13.3. The lowest BCUT2D eigenvalue weighted by molar-refractivity contribution is 0.103. The fourth-order valence-corrected chi connectivity index (χ4v) is 3.13. The van der Waals surface area contributed by atoms with E-state index < -0.39 is 0 Å². The van der Waals surface area contributed by atoms with Gasteiger partial charge in [-0.1, -0.05) is 20.8 Å². The molecular weight excluding hydrogens is 364 g/mol. The predicted octanol–water partition coefficient (Wildman–Crippen LogP) is 5.77. The first-order chi connectivity index (χ1) is 13.7. The molecule has 0 spiro atoms. The summed E-state index contributed by atoms with van der Waals surface area (Å²) in [6, 6.07) is 14.1. The van der Waals surface area contributed by atoms with Crippen LogP contribution in [-0.2, 0) is 0 Å². The number of aliphatic hydroxyl groups excluding tert-OH is 1. The van der Waals surface area contributed by atoms with Crippen molar-refractivity contribution in [2.45, 2.75) is 20.8 Å². The van der Waals surface area contributed by atoms with Crippen molar-refractivity contribution in [2.24, 2.45) is 5.41 Å². The Morgan fingerprint density at radius 1 is 0.793 bits per heavy atom. The third-order valence-electron chi connectivity index (χ3n) is 4.97. The SMILES string of the molecule is COc1ccc(C(=O)C2=CC(C(C)(C)C)=C/C2=C(/O)c2ccc(OC)cc2)cc1. The predicted molar refractivity (Wildman–Crippen MR) is 115 cm³/mol. The number of allylic oxidation sites excluding steroid dienone is 5. The molecular formula is C25H26O4. The van der Waals surface area contributed by atoms with Gasteiger partial charge < -0.3 is 14.6 Å².